The summed E-state index contributed by atoms with van der Waals surface area (Å²) in [6.45, 7) is 6.56. The van der Waals surface area contributed by atoms with Gasteiger partial charge in [-0.25, -0.2) is 0 Å². The maximum Gasteiger partial charge on any atom is 0.295 e. The summed E-state index contributed by atoms with van der Waals surface area (Å²) in [5.41, 5.74) is 2.32. The largest absolute Gasteiger partial charge is 0.295 e. The fourth-order valence-electron chi connectivity index (χ4n) is 1.70. The van der Waals surface area contributed by atoms with E-state index >= 15 is 0 Å². The molecule has 1 aromatic heterocycles. The minimum atomic E-state index is -0.273. The lowest BCUT2D eigenvalue weighted by Crippen LogP contribution is -2.17. The van der Waals surface area contributed by atoms with Crippen molar-refractivity contribution in [2.75, 3.05) is 0 Å². The Balaban J connectivity index is 2.08. The van der Waals surface area contributed by atoms with Crippen LogP contribution in [0, 0.1) is 0 Å². The molecule has 3 nitrogen and oxygen atoms in total. The highest BCUT2D eigenvalue weighted by Crippen LogP contribution is 2.23. The van der Waals surface area contributed by atoms with Crippen LogP contribution < -0.4 is 5.56 Å². The third-order valence-electron chi connectivity index (χ3n) is 2.94. The highest BCUT2D eigenvalue weighted by Gasteiger charge is 2.12. The fraction of sp³-hybridized carbons (Fsp3) is 0.333. The molecule has 0 aliphatic heterocycles. The van der Waals surface area contributed by atoms with Crippen molar-refractivity contribution in [3.05, 3.63) is 63.0 Å². The lowest BCUT2D eigenvalue weighted by molar-refractivity contribution is 0.590. The molecule has 0 unspecified atom stereocenters. The second-order valence-corrected chi connectivity index (χ2v) is 6.88. The summed E-state index contributed by atoms with van der Waals surface area (Å²) in [5, 5.41) is 4.18. The van der Waals surface area contributed by atoms with E-state index in [1.807, 2.05) is 0 Å². The van der Waals surface area contributed by atoms with Crippen LogP contribution in [0.25, 0.3) is 0 Å². The minimum absolute atomic E-state index is 0.150. The Bertz CT molecular complexity index is 644. The van der Waals surface area contributed by atoms with Crippen LogP contribution in [0.4, 0.5) is 0 Å². The molecule has 0 saturated heterocycles. The Kier molecular flexibility index (Phi) is 4.55. The van der Waals surface area contributed by atoms with Gasteiger partial charge in [0.1, 0.15) is 5.02 Å². The molecule has 0 N–H and O–H groups in total. The van der Waals surface area contributed by atoms with Crippen molar-refractivity contribution < 1.29 is 0 Å². The van der Waals surface area contributed by atoms with E-state index in [0.717, 1.165) is 5.56 Å². The third kappa shape index (κ3) is 3.64. The van der Waals surface area contributed by atoms with Gasteiger partial charge in [0.15, 0.2) is 0 Å². The van der Waals surface area contributed by atoms with Crippen molar-refractivity contribution in [2.45, 2.75) is 31.9 Å². The predicted molar refractivity (Wildman–Crippen MR) is 85.3 cm³/mol. The standard InChI is InChI=1S/C15H17ClN2OS/c1-15(2,3)12-6-4-11(5-7-12)10-20-18-14(19)13(16)8-9-17-18/h4-9H,10H2,1-3H3. The summed E-state index contributed by atoms with van der Waals surface area (Å²) in [7, 11) is 0. The van der Waals surface area contributed by atoms with E-state index in [0.29, 0.717) is 5.75 Å². The molecule has 1 aromatic carbocycles. The summed E-state index contributed by atoms with van der Waals surface area (Å²) in [4.78, 5) is 11.7. The second-order valence-electron chi connectivity index (χ2n) is 5.58. The topological polar surface area (TPSA) is 34.9 Å². The molecule has 0 aliphatic carbocycles. The highest BCUT2D eigenvalue weighted by atomic mass is 35.5. The Morgan fingerprint density at radius 3 is 2.45 bits per heavy atom. The minimum Gasteiger partial charge on any atom is -0.265 e. The molecular formula is C15H17ClN2OS. The lowest BCUT2D eigenvalue weighted by atomic mass is 9.87. The van der Waals surface area contributed by atoms with Crippen molar-refractivity contribution in [3.8, 4) is 0 Å². The first-order chi connectivity index (χ1) is 9.38. The zero-order valence-corrected chi connectivity index (χ0v) is 13.3. The highest BCUT2D eigenvalue weighted by molar-refractivity contribution is 7.96. The maximum atomic E-state index is 11.7. The summed E-state index contributed by atoms with van der Waals surface area (Å²) in [5.74, 6) is 0.678. The second kappa shape index (κ2) is 6.02. The smallest absolute Gasteiger partial charge is 0.265 e. The van der Waals surface area contributed by atoms with Gasteiger partial charge in [-0.15, -0.1) is 0 Å². The fourth-order valence-corrected chi connectivity index (χ4v) is 2.69. The van der Waals surface area contributed by atoms with Crippen LogP contribution in [0.15, 0.2) is 41.3 Å². The average molecular weight is 309 g/mol. The number of rotatable bonds is 3. The molecule has 0 atom stereocenters. The van der Waals surface area contributed by atoms with Crippen LogP contribution in [0.5, 0.6) is 0 Å². The molecule has 0 aliphatic rings. The van der Waals surface area contributed by atoms with Crippen molar-refractivity contribution in [1.82, 2.24) is 9.19 Å². The Morgan fingerprint density at radius 1 is 1.20 bits per heavy atom. The van der Waals surface area contributed by atoms with Gasteiger partial charge in [-0.3, -0.25) is 4.79 Å². The van der Waals surface area contributed by atoms with Gasteiger partial charge in [0.05, 0.1) is 6.20 Å². The number of aromatic nitrogens is 2. The molecule has 1 heterocycles. The van der Waals surface area contributed by atoms with Crippen LogP contribution in [0.3, 0.4) is 0 Å². The van der Waals surface area contributed by atoms with Crippen LogP contribution >= 0.6 is 23.5 Å². The van der Waals surface area contributed by atoms with Crippen LogP contribution in [-0.4, -0.2) is 9.19 Å². The maximum absolute atomic E-state index is 11.7. The third-order valence-corrected chi connectivity index (χ3v) is 4.20. The van der Waals surface area contributed by atoms with Crippen molar-refractivity contribution >= 4 is 23.5 Å². The number of hydrogen-bond acceptors (Lipinski definition) is 3. The van der Waals surface area contributed by atoms with Gasteiger partial charge in [0.2, 0.25) is 0 Å². The van der Waals surface area contributed by atoms with Crippen molar-refractivity contribution in [3.63, 3.8) is 0 Å². The van der Waals surface area contributed by atoms with Gasteiger partial charge in [-0.1, -0.05) is 56.6 Å². The molecule has 2 aromatic rings. The van der Waals surface area contributed by atoms with E-state index in [1.165, 1.54) is 33.9 Å². The number of nitrogens with zero attached hydrogens (tertiary/aromatic N) is 2. The van der Waals surface area contributed by atoms with E-state index in [2.05, 4.69) is 50.1 Å². The Morgan fingerprint density at radius 2 is 1.85 bits per heavy atom. The summed E-state index contributed by atoms with van der Waals surface area (Å²) >= 11 is 7.12. The zero-order chi connectivity index (χ0) is 14.8. The van der Waals surface area contributed by atoms with E-state index in [1.54, 1.807) is 0 Å². The van der Waals surface area contributed by atoms with Gasteiger partial charge >= 0.3 is 0 Å². The van der Waals surface area contributed by atoms with Gasteiger partial charge in [0, 0.05) is 5.75 Å². The van der Waals surface area contributed by atoms with E-state index < -0.39 is 0 Å². The van der Waals surface area contributed by atoms with Crippen LogP contribution in [-0.2, 0) is 11.2 Å². The van der Waals surface area contributed by atoms with Crippen molar-refractivity contribution in [1.29, 1.82) is 0 Å². The molecular weight excluding hydrogens is 292 g/mol. The molecule has 0 radical (unpaired) electrons. The van der Waals surface area contributed by atoms with Crippen LogP contribution in [0.2, 0.25) is 5.02 Å². The first kappa shape index (κ1) is 15.1. The monoisotopic (exact) mass is 308 g/mol. The Labute approximate surface area is 128 Å². The molecule has 5 heteroatoms. The quantitative estimate of drug-likeness (QED) is 0.863. The van der Waals surface area contributed by atoms with E-state index in [4.69, 9.17) is 11.6 Å². The van der Waals surface area contributed by atoms with Gasteiger partial charge < -0.3 is 0 Å². The van der Waals surface area contributed by atoms with E-state index in [9.17, 15) is 4.79 Å². The molecule has 0 bridgehead atoms. The normalized spacial score (nSPS) is 11.6. The molecule has 2 rings (SSSR count). The molecule has 0 amide bonds. The first-order valence-electron chi connectivity index (χ1n) is 6.34. The average Bonchev–Trinajstić information content (AvgIpc) is 2.40. The predicted octanol–water partition coefficient (Wildman–Crippen LogP) is 3.89. The summed E-state index contributed by atoms with van der Waals surface area (Å²) in [6.07, 6.45) is 1.53. The first-order valence-corrected chi connectivity index (χ1v) is 7.66. The molecule has 0 fully saturated rings. The van der Waals surface area contributed by atoms with Crippen LogP contribution in [0.1, 0.15) is 31.9 Å². The molecule has 106 valence electrons. The van der Waals surface area contributed by atoms with Gasteiger partial charge in [0.25, 0.3) is 5.56 Å². The zero-order valence-electron chi connectivity index (χ0n) is 11.8. The number of halogens is 1. The van der Waals surface area contributed by atoms with E-state index in [-0.39, 0.29) is 16.0 Å². The summed E-state index contributed by atoms with van der Waals surface area (Å²) in [6, 6.07) is 9.93. The SMILES string of the molecule is CC(C)(C)c1ccc(CSn2nccc(Cl)c2=O)cc1. The Hall–Kier alpha value is -1.26. The van der Waals surface area contributed by atoms with Crippen molar-refractivity contribution in [2.24, 2.45) is 0 Å². The lowest BCUT2D eigenvalue weighted by Gasteiger charge is -2.19. The summed E-state index contributed by atoms with van der Waals surface area (Å²) < 4.78 is 1.32. The number of benzene rings is 1. The van der Waals surface area contributed by atoms with Gasteiger partial charge in [-0.05, 0) is 34.6 Å². The molecule has 20 heavy (non-hydrogen) atoms. The molecule has 0 saturated carbocycles. The van der Waals surface area contributed by atoms with Gasteiger partial charge in [-0.2, -0.15) is 9.19 Å². The number of hydrogen-bond donors (Lipinski definition) is 0. The molecule has 0 spiro atoms.